The first kappa shape index (κ1) is 11.4. The van der Waals surface area contributed by atoms with E-state index < -0.39 is 5.97 Å². The summed E-state index contributed by atoms with van der Waals surface area (Å²) in [6.07, 6.45) is 2.05. The van der Waals surface area contributed by atoms with E-state index in [-0.39, 0.29) is 5.56 Å². The molecule has 0 fully saturated rings. The Bertz CT molecular complexity index is 350. The van der Waals surface area contributed by atoms with Gasteiger partial charge in [-0.1, -0.05) is 19.4 Å². The van der Waals surface area contributed by atoms with E-state index in [1.165, 1.54) is 0 Å². The summed E-state index contributed by atoms with van der Waals surface area (Å²) >= 11 is 0. The maximum Gasteiger partial charge on any atom is 0.337 e. The molecule has 15 heavy (non-hydrogen) atoms. The lowest BCUT2D eigenvalue weighted by atomic mass is 10.1. The summed E-state index contributed by atoms with van der Waals surface area (Å²) in [4.78, 5) is 10.9. The van der Waals surface area contributed by atoms with Crippen molar-refractivity contribution in [1.82, 2.24) is 0 Å². The van der Waals surface area contributed by atoms with Crippen LogP contribution in [0.5, 0.6) is 0 Å². The summed E-state index contributed by atoms with van der Waals surface area (Å²) in [5.74, 6) is -0.957. The number of carboxylic acid groups (broad SMARTS) is 1. The quantitative estimate of drug-likeness (QED) is 0.512. The van der Waals surface area contributed by atoms with Gasteiger partial charge in [0.1, 0.15) is 0 Å². The van der Waals surface area contributed by atoms with E-state index in [9.17, 15) is 4.79 Å². The van der Waals surface area contributed by atoms with Gasteiger partial charge in [0.15, 0.2) is 0 Å². The molecule has 0 aliphatic carbocycles. The highest BCUT2D eigenvalue weighted by Gasteiger charge is 2.11. The minimum Gasteiger partial charge on any atom is -0.478 e. The molecule has 0 radical (unpaired) electrons. The van der Waals surface area contributed by atoms with Crippen molar-refractivity contribution < 1.29 is 9.90 Å². The number of anilines is 2. The smallest absolute Gasteiger partial charge is 0.337 e. The summed E-state index contributed by atoms with van der Waals surface area (Å²) in [5.41, 5.74) is 6.95. The molecule has 0 aliphatic rings. The molecule has 1 aromatic carbocycles. The lowest BCUT2D eigenvalue weighted by Crippen LogP contribution is -2.09. The number of hydrogen-bond acceptors (Lipinski definition) is 3. The number of hydrogen-bond donors (Lipinski definition) is 3. The van der Waals surface area contributed by atoms with E-state index >= 15 is 0 Å². The average molecular weight is 208 g/mol. The summed E-state index contributed by atoms with van der Waals surface area (Å²) < 4.78 is 0. The van der Waals surface area contributed by atoms with Crippen molar-refractivity contribution in [3.63, 3.8) is 0 Å². The molecule has 4 N–H and O–H groups in total. The van der Waals surface area contributed by atoms with E-state index in [0.717, 1.165) is 19.4 Å². The van der Waals surface area contributed by atoms with Crippen LogP contribution in [-0.4, -0.2) is 17.6 Å². The summed E-state index contributed by atoms with van der Waals surface area (Å²) in [5, 5.41) is 12.0. The molecular formula is C11H16N2O2. The number of nitrogens with two attached hydrogens (primary N) is 1. The van der Waals surface area contributed by atoms with Crippen molar-refractivity contribution in [2.24, 2.45) is 0 Å². The predicted molar refractivity (Wildman–Crippen MR) is 61.2 cm³/mol. The molecule has 0 aliphatic heterocycles. The van der Waals surface area contributed by atoms with Crippen LogP contribution in [0.2, 0.25) is 0 Å². The van der Waals surface area contributed by atoms with Gasteiger partial charge in [-0.05, 0) is 18.6 Å². The van der Waals surface area contributed by atoms with Crippen LogP contribution in [0.1, 0.15) is 30.1 Å². The fourth-order valence-corrected chi connectivity index (χ4v) is 1.34. The number of carbonyl (C=O) groups is 1. The van der Waals surface area contributed by atoms with Gasteiger partial charge in [-0.25, -0.2) is 4.79 Å². The van der Waals surface area contributed by atoms with E-state index in [0.29, 0.717) is 11.4 Å². The third kappa shape index (κ3) is 2.87. The van der Waals surface area contributed by atoms with Gasteiger partial charge in [0.2, 0.25) is 0 Å². The number of rotatable bonds is 5. The van der Waals surface area contributed by atoms with Crippen molar-refractivity contribution in [3.8, 4) is 0 Å². The Balaban J connectivity index is 2.87. The molecule has 0 atom stereocenters. The highest BCUT2D eigenvalue weighted by atomic mass is 16.4. The number of benzene rings is 1. The van der Waals surface area contributed by atoms with Crippen LogP contribution in [0, 0.1) is 0 Å². The standard InChI is InChI=1S/C11H16N2O2/c1-2-3-7-13-10-8(11(14)15)5-4-6-9(10)12/h4-6,13H,2-3,7,12H2,1H3,(H,14,15). The fraction of sp³-hybridized carbons (Fsp3) is 0.364. The lowest BCUT2D eigenvalue weighted by molar-refractivity contribution is 0.0698. The molecule has 82 valence electrons. The maximum atomic E-state index is 10.9. The first-order chi connectivity index (χ1) is 7.16. The van der Waals surface area contributed by atoms with E-state index in [1.807, 2.05) is 0 Å². The molecule has 4 nitrogen and oxygen atoms in total. The first-order valence-corrected chi connectivity index (χ1v) is 5.02. The predicted octanol–water partition coefficient (Wildman–Crippen LogP) is 2.18. The van der Waals surface area contributed by atoms with Crippen molar-refractivity contribution >= 4 is 17.3 Å². The summed E-state index contributed by atoms with van der Waals surface area (Å²) in [7, 11) is 0. The minimum absolute atomic E-state index is 0.228. The van der Waals surface area contributed by atoms with Crippen LogP contribution in [0.4, 0.5) is 11.4 Å². The van der Waals surface area contributed by atoms with Crippen molar-refractivity contribution in [3.05, 3.63) is 23.8 Å². The minimum atomic E-state index is -0.957. The maximum absolute atomic E-state index is 10.9. The second-order valence-corrected chi connectivity index (χ2v) is 3.36. The van der Waals surface area contributed by atoms with Gasteiger partial charge in [0.25, 0.3) is 0 Å². The molecule has 0 saturated carbocycles. The van der Waals surface area contributed by atoms with Gasteiger partial charge in [-0.15, -0.1) is 0 Å². The molecule has 4 heteroatoms. The van der Waals surface area contributed by atoms with Crippen LogP contribution >= 0.6 is 0 Å². The highest BCUT2D eigenvalue weighted by Crippen LogP contribution is 2.23. The van der Waals surface area contributed by atoms with Crippen molar-refractivity contribution in [1.29, 1.82) is 0 Å². The van der Waals surface area contributed by atoms with Crippen LogP contribution in [-0.2, 0) is 0 Å². The van der Waals surface area contributed by atoms with Crippen LogP contribution in [0.3, 0.4) is 0 Å². The zero-order valence-corrected chi connectivity index (χ0v) is 8.79. The van der Waals surface area contributed by atoms with Gasteiger partial charge >= 0.3 is 5.97 Å². The zero-order valence-electron chi connectivity index (χ0n) is 8.79. The molecule has 0 amide bonds. The van der Waals surface area contributed by atoms with Crippen molar-refractivity contribution in [2.75, 3.05) is 17.6 Å². The van der Waals surface area contributed by atoms with Crippen LogP contribution < -0.4 is 11.1 Å². The number of unbranched alkanes of at least 4 members (excludes halogenated alkanes) is 1. The average Bonchev–Trinajstić information content (AvgIpc) is 2.20. The van der Waals surface area contributed by atoms with Gasteiger partial charge in [-0.3, -0.25) is 0 Å². The molecule has 1 rings (SSSR count). The Kier molecular flexibility index (Phi) is 3.97. The Morgan fingerprint density at radius 1 is 1.53 bits per heavy atom. The van der Waals surface area contributed by atoms with Crippen molar-refractivity contribution in [2.45, 2.75) is 19.8 Å². The van der Waals surface area contributed by atoms with Gasteiger partial charge in [-0.2, -0.15) is 0 Å². The first-order valence-electron chi connectivity index (χ1n) is 5.02. The van der Waals surface area contributed by atoms with E-state index in [4.69, 9.17) is 10.8 Å². The van der Waals surface area contributed by atoms with E-state index in [1.54, 1.807) is 18.2 Å². The molecule has 1 aromatic rings. The SMILES string of the molecule is CCCCNc1c(N)cccc1C(=O)O. The van der Waals surface area contributed by atoms with Crippen LogP contribution in [0.25, 0.3) is 0 Å². The summed E-state index contributed by atoms with van der Waals surface area (Å²) in [6.45, 7) is 2.82. The van der Waals surface area contributed by atoms with E-state index in [2.05, 4.69) is 12.2 Å². The number of para-hydroxylation sites is 1. The van der Waals surface area contributed by atoms with Crippen LogP contribution in [0.15, 0.2) is 18.2 Å². The van der Waals surface area contributed by atoms with Gasteiger partial charge < -0.3 is 16.2 Å². The number of carboxylic acids is 1. The topological polar surface area (TPSA) is 75.3 Å². The molecule has 0 heterocycles. The Hall–Kier alpha value is -1.71. The highest BCUT2D eigenvalue weighted by molar-refractivity contribution is 5.97. The van der Waals surface area contributed by atoms with Gasteiger partial charge in [0.05, 0.1) is 16.9 Å². The Morgan fingerprint density at radius 2 is 2.27 bits per heavy atom. The summed E-state index contributed by atoms with van der Waals surface area (Å²) in [6, 6.07) is 4.89. The van der Waals surface area contributed by atoms with Gasteiger partial charge in [0, 0.05) is 6.54 Å². The lowest BCUT2D eigenvalue weighted by Gasteiger charge is -2.11. The fourth-order valence-electron chi connectivity index (χ4n) is 1.34. The number of nitrogen functional groups attached to an aromatic ring is 1. The Morgan fingerprint density at radius 3 is 2.87 bits per heavy atom. The zero-order chi connectivity index (χ0) is 11.3. The number of aromatic carboxylic acids is 1. The Labute approximate surface area is 89.1 Å². The molecular weight excluding hydrogens is 192 g/mol. The second-order valence-electron chi connectivity index (χ2n) is 3.36. The third-order valence-electron chi connectivity index (χ3n) is 2.16. The molecule has 0 aromatic heterocycles. The molecule has 0 spiro atoms. The monoisotopic (exact) mass is 208 g/mol. The normalized spacial score (nSPS) is 9.93. The second kappa shape index (κ2) is 5.24. The molecule has 0 bridgehead atoms. The molecule has 0 unspecified atom stereocenters. The number of nitrogens with one attached hydrogen (secondary N) is 1. The largest absolute Gasteiger partial charge is 0.478 e. The molecule has 0 saturated heterocycles. The third-order valence-corrected chi connectivity index (χ3v) is 2.16.